The number of carbonyl (C=O) groups excluding carboxylic acids is 1. The molecule has 1 aliphatic rings. The first-order valence-corrected chi connectivity index (χ1v) is 17.0. The van der Waals surface area contributed by atoms with Crippen molar-refractivity contribution in [2.75, 3.05) is 13.7 Å². The normalized spacial score (nSPS) is 14.3. The van der Waals surface area contributed by atoms with E-state index in [0.717, 1.165) is 27.5 Å². The lowest BCUT2D eigenvalue weighted by Gasteiger charge is -2.25. The van der Waals surface area contributed by atoms with Crippen LogP contribution >= 0.6 is 22.9 Å². The van der Waals surface area contributed by atoms with Crippen molar-refractivity contribution >= 4 is 51.5 Å². The van der Waals surface area contributed by atoms with Gasteiger partial charge in [0.2, 0.25) is 0 Å². The fraction of sp³-hybridized carbons (Fsp3) is 0.125. The molecule has 0 fully saturated rings. The summed E-state index contributed by atoms with van der Waals surface area (Å²) in [6.45, 7) is 2.23. The van der Waals surface area contributed by atoms with Gasteiger partial charge in [-0.25, -0.2) is 9.79 Å². The molecule has 1 aliphatic heterocycles. The molecular formula is C40H31ClN2O5S. The maximum absolute atomic E-state index is 14.3. The summed E-state index contributed by atoms with van der Waals surface area (Å²) >= 11 is 8.04. The Morgan fingerprint density at radius 2 is 1.65 bits per heavy atom. The third-order valence-electron chi connectivity index (χ3n) is 8.29. The Hall–Kier alpha value is -5.44. The van der Waals surface area contributed by atoms with Crippen LogP contribution < -0.4 is 24.4 Å². The van der Waals surface area contributed by atoms with Gasteiger partial charge in [0, 0.05) is 5.56 Å². The predicted octanol–water partition coefficient (Wildman–Crippen LogP) is 7.33. The van der Waals surface area contributed by atoms with E-state index >= 15 is 0 Å². The van der Waals surface area contributed by atoms with Crippen molar-refractivity contribution in [2.24, 2.45) is 4.99 Å². The molecule has 0 amide bonds. The van der Waals surface area contributed by atoms with Crippen LogP contribution in [0.25, 0.3) is 22.5 Å². The highest BCUT2D eigenvalue weighted by Crippen LogP contribution is 2.38. The zero-order chi connectivity index (χ0) is 33.9. The van der Waals surface area contributed by atoms with Crippen LogP contribution in [0.5, 0.6) is 11.5 Å². The first-order chi connectivity index (χ1) is 24.0. The third kappa shape index (κ3) is 6.28. The predicted molar refractivity (Wildman–Crippen MR) is 194 cm³/mol. The Bertz CT molecular complexity index is 2400. The molecule has 0 saturated carbocycles. The molecule has 2 heterocycles. The molecule has 0 radical (unpaired) electrons. The Morgan fingerprint density at radius 1 is 0.939 bits per heavy atom. The number of esters is 1. The van der Waals surface area contributed by atoms with E-state index in [9.17, 15) is 9.59 Å². The number of aromatic nitrogens is 1. The second-order valence-corrected chi connectivity index (χ2v) is 12.7. The molecule has 5 aromatic carbocycles. The second kappa shape index (κ2) is 14.0. The van der Waals surface area contributed by atoms with Gasteiger partial charge in [-0.05, 0) is 52.6 Å². The number of halogens is 1. The average molecular weight is 687 g/mol. The van der Waals surface area contributed by atoms with Gasteiger partial charge in [0.05, 0.1) is 40.6 Å². The Morgan fingerprint density at radius 3 is 2.41 bits per heavy atom. The minimum Gasteiger partial charge on any atom is -0.493 e. The third-order valence-corrected chi connectivity index (χ3v) is 9.55. The lowest BCUT2D eigenvalue weighted by atomic mass is 9.93. The van der Waals surface area contributed by atoms with Gasteiger partial charge in [0.1, 0.15) is 6.61 Å². The van der Waals surface area contributed by atoms with E-state index in [1.54, 1.807) is 36.8 Å². The summed E-state index contributed by atoms with van der Waals surface area (Å²) in [5.41, 5.74) is 3.66. The van der Waals surface area contributed by atoms with E-state index in [4.69, 9.17) is 30.8 Å². The fourth-order valence-corrected chi connectivity index (χ4v) is 7.35. The van der Waals surface area contributed by atoms with Gasteiger partial charge in [-0.3, -0.25) is 9.36 Å². The Labute approximate surface area is 291 Å². The van der Waals surface area contributed by atoms with E-state index in [1.807, 2.05) is 84.9 Å². The smallest absolute Gasteiger partial charge is 0.338 e. The molecule has 7 rings (SSSR count). The van der Waals surface area contributed by atoms with Crippen molar-refractivity contribution < 1.29 is 19.0 Å². The van der Waals surface area contributed by atoms with Gasteiger partial charge in [-0.1, -0.05) is 126 Å². The molecule has 6 aromatic rings. The van der Waals surface area contributed by atoms with E-state index < -0.39 is 12.0 Å². The van der Waals surface area contributed by atoms with Crippen LogP contribution in [0.1, 0.15) is 35.2 Å². The molecule has 0 spiro atoms. The summed E-state index contributed by atoms with van der Waals surface area (Å²) < 4.78 is 19.5. The molecular weight excluding hydrogens is 656 g/mol. The van der Waals surface area contributed by atoms with Crippen molar-refractivity contribution in [2.45, 2.75) is 19.6 Å². The van der Waals surface area contributed by atoms with E-state index in [-0.39, 0.29) is 12.2 Å². The molecule has 0 bridgehead atoms. The summed E-state index contributed by atoms with van der Waals surface area (Å²) in [5, 5.41) is 2.57. The van der Waals surface area contributed by atoms with E-state index in [0.29, 0.717) is 49.3 Å². The SMILES string of the molecule is CCOC(=O)C1=C(c2ccccc2)N=c2s/c(=C\c3cc(Cl)c(OCc4cccc5ccccc45)c(OC)c3)c(=O)n2[C@@H]1c1ccccc1. The molecule has 0 aliphatic carbocycles. The summed E-state index contributed by atoms with van der Waals surface area (Å²) in [6.07, 6.45) is 1.75. The molecule has 49 heavy (non-hydrogen) atoms. The van der Waals surface area contributed by atoms with Gasteiger partial charge in [-0.2, -0.15) is 0 Å². The number of methoxy groups -OCH3 is 1. The maximum atomic E-state index is 14.3. The van der Waals surface area contributed by atoms with Gasteiger partial charge in [0.15, 0.2) is 16.3 Å². The molecule has 1 aromatic heterocycles. The molecule has 1 atom stereocenters. The van der Waals surface area contributed by atoms with Crippen LogP contribution in [0.3, 0.4) is 0 Å². The van der Waals surface area contributed by atoms with E-state index in [2.05, 4.69) is 18.2 Å². The lowest BCUT2D eigenvalue weighted by Crippen LogP contribution is -2.39. The number of rotatable bonds is 9. The van der Waals surface area contributed by atoms with Crippen molar-refractivity contribution in [3.8, 4) is 11.5 Å². The largest absolute Gasteiger partial charge is 0.493 e. The first-order valence-electron chi connectivity index (χ1n) is 15.8. The van der Waals surface area contributed by atoms with Crippen molar-refractivity contribution in [3.63, 3.8) is 0 Å². The fourth-order valence-electron chi connectivity index (χ4n) is 6.07. The highest BCUT2D eigenvalue weighted by molar-refractivity contribution is 7.07. The molecule has 244 valence electrons. The number of fused-ring (bicyclic) bond motifs is 2. The molecule has 0 N–H and O–H groups in total. The van der Waals surface area contributed by atoms with Crippen LogP contribution in [0, 0.1) is 0 Å². The van der Waals surface area contributed by atoms with Gasteiger partial charge in [-0.15, -0.1) is 0 Å². The summed E-state index contributed by atoms with van der Waals surface area (Å²) in [6, 6.07) is 35.9. The highest BCUT2D eigenvalue weighted by atomic mass is 35.5. The standard InChI is InChI=1S/C40H31ClN2O5S/c1-3-47-39(45)34-35(27-14-6-4-7-15-27)42-40-43(36(34)28-16-8-5-9-17-28)38(44)33(49-40)23-25-21-31(41)37(32(22-25)46-2)48-24-29-19-12-18-26-13-10-11-20-30(26)29/h4-23,36H,3,24H2,1-2H3/b33-23-/t36-/m1/s1. The number of carbonyl (C=O) groups is 1. The van der Waals surface area contributed by atoms with Crippen LogP contribution in [-0.4, -0.2) is 24.3 Å². The average Bonchev–Trinajstić information content (AvgIpc) is 3.44. The molecule has 7 nitrogen and oxygen atoms in total. The number of ether oxygens (including phenoxy) is 3. The highest BCUT2D eigenvalue weighted by Gasteiger charge is 2.35. The quantitative estimate of drug-likeness (QED) is 0.149. The lowest BCUT2D eigenvalue weighted by molar-refractivity contribution is -0.138. The summed E-state index contributed by atoms with van der Waals surface area (Å²) in [7, 11) is 1.55. The van der Waals surface area contributed by atoms with Crippen LogP contribution in [-0.2, 0) is 16.1 Å². The minimum absolute atomic E-state index is 0.181. The van der Waals surface area contributed by atoms with Crippen molar-refractivity contribution in [3.05, 3.63) is 168 Å². The number of benzene rings is 5. The second-order valence-electron chi connectivity index (χ2n) is 11.3. The monoisotopic (exact) mass is 686 g/mol. The maximum Gasteiger partial charge on any atom is 0.338 e. The van der Waals surface area contributed by atoms with Crippen LogP contribution in [0.15, 0.2) is 131 Å². The van der Waals surface area contributed by atoms with Gasteiger partial charge in [0.25, 0.3) is 5.56 Å². The summed E-state index contributed by atoms with van der Waals surface area (Å²) in [4.78, 5) is 33.3. The zero-order valence-corrected chi connectivity index (χ0v) is 28.3. The van der Waals surface area contributed by atoms with Crippen molar-refractivity contribution in [1.29, 1.82) is 0 Å². The topological polar surface area (TPSA) is 79.1 Å². The van der Waals surface area contributed by atoms with Crippen molar-refractivity contribution in [1.82, 2.24) is 4.57 Å². The number of hydrogen-bond acceptors (Lipinski definition) is 7. The van der Waals surface area contributed by atoms with E-state index in [1.165, 1.54) is 11.3 Å². The zero-order valence-electron chi connectivity index (χ0n) is 26.8. The van der Waals surface area contributed by atoms with Crippen LogP contribution in [0.2, 0.25) is 5.02 Å². The molecule has 9 heteroatoms. The van der Waals surface area contributed by atoms with Gasteiger partial charge >= 0.3 is 5.97 Å². The Kier molecular flexibility index (Phi) is 9.15. The van der Waals surface area contributed by atoms with Crippen LogP contribution in [0.4, 0.5) is 0 Å². The molecule has 0 unspecified atom stereocenters. The Balaban J connectivity index is 1.32. The summed E-state index contributed by atoms with van der Waals surface area (Å²) in [5.74, 6) is 0.320. The van der Waals surface area contributed by atoms with Gasteiger partial charge < -0.3 is 14.2 Å². The number of nitrogens with zero attached hydrogens (tertiary/aromatic N) is 2. The minimum atomic E-state index is -0.753. The number of hydrogen-bond donors (Lipinski definition) is 0. The molecule has 0 saturated heterocycles. The number of thiazole rings is 1. The first kappa shape index (κ1) is 32.1.